The lowest BCUT2D eigenvalue weighted by molar-refractivity contribution is -0.142. The summed E-state index contributed by atoms with van der Waals surface area (Å²) in [6.45, 7) is 2.10. The molecule has 0 N–H and O–H groups in total. The first-order chi connectivity index (χ1) is 9.63. The molecule has 1 unspecified atom stereocenters. The standard InChI is InChI=1S/C16H14ClIO2/c1-2-20-16(19)15(17)13-9-8-12(10-14(13)18)11-6-4-3-5-7-11/h3-10,15H,2H2,1H3. The van der Waals surface area contributed by atoms with Gasteiger partial charge >= 0.3 is 5.97 Å². The van der Waals surface area contributed by atoms with E-state index in [2.05, 4.69) is 34.7 Å². The molecule has 0 saturated carbocycles. The fraction of sp³-hybridized carbons (Fsp3) is 0.188. The van der Waals surface area contributed by atoms with E-state index < -0.39 is 11.3 Å². The maximum atomic E-state index is 11.7. The molecule has 0 aliphatic carbocycles. The number of hydrogen-bond donors (Lipinski definition) is 0. The molecule has 2 aromatic carbocycles. The fourth-order valence-electron chi connectivity index (χ4n) is 1.89. The summed E-state index contributed by atoms with van der Waals surface area (Å²) < 4.78 is 5.91. The first kappa shape index (κ1) is 15.3. The largest absolute Gasteiger partial charge is 0.465 e. The predicted molar refractivity (Wildman–Crippen MR) is 89.8 cm³/mol. The lowest BCUT2D eigenvalue weighted by atomic mass is 10.0. The summed E-state index contributed by atoms with van der Waals surface area (Å²) in [5, 5.41) is -0.758. The topological polar surface area (TPSA) is 26.3 Å². The third-order valence-electron chi connectivity index (χ3n) is 2.87. The van der Waals surface area contributed by atoms with Crippen LogP contribution >= 0.6 is 34.2 Å². The number of benzene rings is 2. The van der Waals surface area contributed by atoms with Gasteiger partial charge in [-0.05, 0) is 52.3 Å². The highest BCUT2D eigenvalue weighted by Gasteiger charge is 2.21. The molecule has 2 nitrogen and oxygen atoms in total. The zero-order valence-electron chi connectivity index (χ0n) is 11.0. The molecule has 0 aliphatic heterocycles. The van der Waals surface area contributed by atoms with Crippen LogP contribution in [0.15, 0.2) is 48.5 Å². The van der Waals surface area contributed by atoms with Crippen molar-refractivity contribution in [1.82, 2.24) is 0 Å². The first-order valence-corrected chi connectivity index (χ1v) is 7.80. The van der Waals surface area contributed by atoms with Gasteiger partial charge in [0.2, 0.25) is 0 Å². The van der Waals surface area contributed by atoms with Crippen LogP contribution in [0.2, 0.25) is 0 Å². The van der Waals surface area contributed by atoms with Crippen LogP contribution in [-0.4, -0.2) is 12.6 Å². The van der Waals surface area contributed by atoms with E-state index in [0.29, 0.717) is 6.61 Å². The van der Waals surface area contributed by atoms with Crippen molar-refractivity contribution in [2.45, 2.75) is 12.3 Å². The van der Waals surface area contributed by atoms with E-state index in [1.165, 1.54) is 0 Å². The average Bonchev–Trinajstić information content (AvgIpc) is 2.47. The summed E-state index contributed by atoms with van der Waals surface area (Å²) in [5.74, 6) is -0.403. The number of hydrogen-bond acceptors (Lipinski definition) is 2. The van der Waals surface area contributed by atoms with E-state index in [9.17, 15) is 4.79 Å². The summed E-state index contributed by atoms with van der Waals surface area (Å²) in [6, 6.07) is 16.0. The van der Waals surface area contributed by atoms with Crippen LogP contribution in [0.4, 0.5) is 0 Å². The lowest BCUT2D eigenvalue weighted by Gasteiger charge is -2.12. The second-order valence-electron chi connectivity index (χ2n) is 4.22. The molecular weight excluding hydrogens is 387 g/mol. The number of halogens is 2. The van der Waals surface area contributed by atoms with E-state index in [0.717, 1.165) is 20.3 Å². The van der Waals surface area contributed by atoms with Crippen molar-refractivity contribution in [3.05, 3.63) is 57.7 Å². The Hall–Kier alpha value is -1.07. The van der Waals surface area contributed by atoms with Gasteiger partial charge in [-0.25, -0.2) is 0 Å². The van der Waals surface area contributed by atoms with E-state index >= 15 is 0 Å². The second kappa shape index (κ2) is 7.09. The fourth-order valence-corrected chi connectivity index (χ4v) is 3.15. The minimum Gasteiger partial charge on any atom is -0.465 e. The zero-order chi connectivity index (χ0) is 14.5. The molecule has 1 atom stereocenters. The number of carbonyl (C=O) groups is 1. The van der Waals surface area contributed by atoms with E-state index in [1.807, 2.05) is 36.4 Å². The van der Waals surface area contributed by atoms with Gasteiger partial charge in [-0.3, -0.25) is 4.79 Å². The third-order valence-corrected chi connectivity index (χ3v) is 4.22. The van der Waals surface area contributed by atoms with Crippen molar-refractivity contribution in [1.29, 1.82) is 0 Å². The van der Waals surface area contributed by atoms with Crippen molar-refractivity contribution in [2.24, 2.45) is 0 Å². The summed E-state index contributed by atoms with van der Waals surface area (Å²) in [7, 11) is 0. The Morgan fingerprint density at radius 1 is 1.20 bits per heavy atom. The summed E-state index contributed by atoms with van der Waals surface area (Å²) in [4.78, 5) is 11.7. The minimum atomic E-state index is -0.758. The van der Waals surface area contributed by atoms with Crippen LogP contribution < -0.4 is 0 Å². The molecule has 2 rings (SSSR count). The van der Waals surface area contributed by atoms with Gasteiger partial charge in [-0.2, -0.15) is 0 Å². The molecule has 20 heavy (non-hydrogen) atoms. The predicted octanol–water partition coefficient (Wildman–Crippen LogP) is 4.80. The Balaban J connectivity index is 2.29. The number of alkyl halides is 1. The van der Waals surface area contributed by atoms with Crippen molar-refractivity contribution in [2.75, 3.05) is 6.61 Å². The van der Waals surface area contributed by atoms with E-state index in [4.69, 9.17) is 16.3 Å². The van der Waals surface area contributed by atoms with Gasteiger partial charge in [0.15, 0.2) is 5.38 Å². The van der Waals surface area contributed by atoms with Gasteiger partial charge in [-0.15, -0.1) is 11.6 Å². The molecule has 4 heteroatoms. The Labute approximate surface area is 137 Å². The minimum absolute atomic E-state index is 0.334. The number of ether oxygens (including phenoxy) is 1. The average molecular weight is 401 g/mol. The van der Waals surface area contributed by atoms with Crippen molar-refractivity contribution in [3.63, 3.8) is 0 Å². The number of esters is 1. The van der Waals surface area contributed by atoms with Crippen LogP contribution in [0.1, 0.15) is 17.9 Å². The van der Waals surface area contributed by atoms with Crippen molar-refractivity contribution in [3.8, 4) is 11.1 Å². The molecule has 0 saturated heterocycles. The Kier molecular flexibility index (Phi) is 5.43. The highest BCUT2D eigenvalue weighted by Crippen LogP contribution is 2.30. The normalized spacial score (nSPS) is 11.9. The summed E-state index contributed by atoms with van der Waals surface area (Å²) in [5.41, 5.74) is 3.02. The highest BCUT2D eigenvalue weighted by molar-refractivity contribution is 14.1. The molecule has 104 valence electrons. The van der Waals surface area contributed by atoms with Gasteiger partial charge in [0, 0.05) is 3.57 Å². The van der Waals surface area contributed by atoms with Gasteiger partial charge in [0.1, 0.15) is 0 Å². The third kappa shape index (κ3) is 3.52. The monoisotopic (exact) mass is 400 g/mol. The van der Waals surface area contributed by atoms with Crippen LogP contribution in [0, 0.1) is 3.57 Å². The second-order valence-corrected chi connectivity index (χ2v) is 5.82. The molecule has 2 aromatic rings. The van der Waals surface area contributed by atoms with Crippen LogP contribution in [0.5, 0.6) is 0 Å². The molecule has 0 aromatic heterocycles. The summed E-state index contributed by atoms with van der Waals surface area (Å²) >= 11 is 8.36. The van der Waals surface area contributed by atoms with Gasteiger partial charge in [0.05, 0.1) is 6.61 Å². The van der Waals surface area contributed by atoms with Gasteiger partial charge in [0.25, 0.3) is 0 Å². The Morgan fingerprint density at radius 2 is 1.90 bits per heavy atom. The molecule has 0 amide bonds. The van der Waals surface area contributed by atoms with Crippen molar-refractivity contribution < 1.29 is 9.53 Å². The molecule has 0 bridgehead atoms. The van der Waals surface area contributed by atoms with E-state index in [1.54, 1.807) is 6.92 Å². The molecule has 0 heterocycles. The van der Waals surface area contributed by atoms with Crippen molar-refractivity contribution >= 4 is 40.2 Å². The molecule has 0 aliphatic rings. The lowest BCUT2D eigenvalue weighted by Crippen LogP contribution is -2.12. The zero-order valence-corrected chi connectivity index (χ0v) is 13.9. The first-order valence-electron chi connectivity index (χ1n) is 6.29. The van der Waals surface area contributed by atoms with Crippen LogP contribution in [-0.2, 0) is 9.53 Å². The maximum Gasteiger partial charge on any atom is 0.328 e. The Morgan fingerprint density at radius 3 is 2.50 bits per heavy atom. The number of carbonyl (C=O) groups excluding carboxylic acids is 1. The number of rotatable bonds is 4. The van der Waals surface area contributed by atoms with Gasteiger partial charge in [-0.1, -0.05) is 42.5 Å². The maximum absolute atomic E-state index is 11.7. The van der Waals surface area contributed by atoms with Crippen LogP contribution in [0.3, 0.4) is 0 Å². The Bertz CT molecular complexity index is 599. The molecule has 0 fully saturated rings. The molecule has 0 spiro atoms. The smallest absolute Gasteiger partial charge is 0.328 e. The molecule has 0 radical (unpaired) electrons. The summed E-state index contributed by atoms with van der Waals surface area (Å²) in [6.07, 6.45) is 0. The van der Waals surface area contributed by atoms with E-state index in [-0.39, 0.29) is 0 Å². The SMILES string of the molecule is CCOC(=O)C(Cl)c1ccc(-c2ccccc2)cc1I. The van der Waals surface area contributed by atoms with Gasteiger partial charge < -0.3 is 4.74 Å². The highest BCUT2D eigenvalue weighted by atomic mass is 127. The molecular formula is C16H14ClIO2. The van der Waals surface area contributed by atoms with Crippen LogP contribution in [0.25, 0.3) is 11.1 Å². The quantitative estimate of drug-likeness (QED) is 0.419.